The average Bonchev–Trinajstić information content (AvgIpc) is 3.40. The summed E-state index contributed by atoms with van der Waals surface area (Å²) in [4.78, 5) is 18.7. The maximum Gasteiger partial charge on any atom is 0.252 e. The molecule has 0 spiro atoms. The third-order valence-corrected chi connectivity index (χ3v) is 6.55. The van der Waals surface area contributed by atoms with Gasteiger partial charge in [0, 0.05) is 13.1 Å². The SMILES string of the molecule is CCn1ncc2c(C(=O)NCc3ccccc3S(N)(=O)=O)cc(-c3cccs3)nc21. The van der Waals surface area contributed by atoms with E-state index in [1.54, 1.807) is 35.1 Å². The van der Waals surface area contributed by atoms with Crippen LogP contribution in [-0.2, 0) is 23.1 Å². The van der Waals surface area contributed by atoms with Gasteiger partial charge in [0.1, 0.15) is 0 Å². The zero-order valence-corrected chi connectivity index (χ0v) is 17.7. The standard InChI is InChI=1S/C20H19N5O3S2/c1-2-25-19-15(12-23-25)14(10-16(24-19)17-7-5-9-29-17)20(26)22-11-13-6-3-4-8-18(13)30(21,27)28/h3-10,12H,2,11H2,1H3,(H,22,26)(H2,21,27,28). The van der Waals surface area contributed by atoms with Gasteiger partial charge in [-0.1, -0.05) is 24.3 Å². The van der Waals surface area contributed by atoms with Crippen LogP contribution in [-0.4, -0.2) is 29.1 Å². The van der Waals surface area contributed by atoms with Gasteiger partial charge in [0.15, 0.2) is 5.65 Å². The Labute approximate surface area is 177 Å². The molecule has 0 atom stereocenters. The number of pyridine rings is 1. The molecule has 154 valence electrons. The first-order chi connectivity index (χ1) is 14.4. The Morgan fingerprint density at radius 1 is 1.23 bits per heavy atom. The number of hydrogen-bond acceptors (Lipinski definition) is 6. The summed E-state index contributed by atoms with van der Waals surface area (Å²) in [6, 6.07) is 11.9. The van der Waals surface area contributed by atoms with Crippen molar-refractivity contribution >= 4 is 38.3 Å². The van der Waals surface area contributed by atoms with Gasteiger partial charge in [-0.25, -0.2) is 23.2 Å². The fourth-order valence-electron chi connectivity index (χ4n) is 3.22. The molecule has 0 aliphatic rings. The van der Waals surface area contributed by atoms with Crippen molar-refractivity contribution in [2.45, 2.75) is 24.9 Å². The number of carbonyl (C=O) groups is 1. The highest BCUT2D eigenvalue weighted by Gasteiger charge is 2.19. The van der Waals surface area contributed by atoms with Crippen molar-refractivity contribution in [1.29, 1.82) is 0 Å². The lowest BCUT2D eigenvalue weighted by Crippen LogP contribution is -2.25. The molecule has 0 radical (unpaired) electrons. The lowest BCUT2D eigenvalue weighted by atomic mass is 10.1. The molecule has 0 saturated carbocycles. The van der Waals surface area contributed by atoms with Gasteiger partial charge in [-0.2, -0.15) is 5.10 Å². The van der Waals surface area contributed by atoms with Gasteiger partial charge >= 0.3 is 0 Å². The van der Waals surface area contributed by atoms with Crippen LogP contribution in [0.15, 0.2) is 58.9 Å². The molecule has 10 heteroatoms. The Morgan fingerprint density at radius 3 is 2.73 bits per heavy atom. The van der Waals surface area contributed by atoms with Crippen molar-refractivity contribution < 1.29 is 13.2 Å². The summed E-state index contributed by atoms with van der Waals surface area (Å²) in [5, 5.41) is 15.0. The van der Waals surface area contributed by atoms with Gasteiger partial charge in [-0.3, -0.25) is 4.79 Å². The van der Waals surface area contributed by atoms with Crippen LogP contribution in [0.4, 0.5) is 0 Å². The third-order valence-electron chi connectivity index (χ3n) is 4.65. The molecule has 30 heavy (non-hydrogen) atoms. The zero-order valence-electron chi connectivity index (χ0n) is 16.1. The normalized spacial score (nSPS) is 11.7. The summed E-state index contributed by atoms with van der Waals surface area (Å²) in [6.45, 7) is 2.59. The second-order valence-corrected chi connectivity index (χ2v) is 9.04. The number of nitrogens with two attached hydrogens (primary N) is 1. The van der Waals surface area contributed by atoms with Gasteiger partial charge in [0.2, 0.25) is 10.0 Å². The lowest BCUT2D eigenvalue weighted by Gasteiger charge is -2.11. The van der Waals surface area contributed by atoms with E-state index in [-0.39, 0.29) is 17.3 Å². The van der Waals surface area contributed by atoms with Crippen LogP contribution in [0.5, 0.6) is 0 Å². The van der Waals surface area contributed by atoms with Crippen molar-refractivity contribution in [1.82, 2.24) is 20.1 Å². The molecular weight excluding hydrogens is 422 g/mol. The first-order valence-electron chi connectivity index (χ1n) is 9.18. The van der Waals surface area contributed by atoms with E-state index < -0.39 is 10.0 Å². The number of amides is 1. The fourth-order valence-corrected chi connectivity index (χ4v) is 4.68. The highest BCUT2D eigenvalue weighted by molar-refractivity contribution is 7.89. The number of fused-ring (bicyclic) bond motifs is 1. The van der Waals surface area contributed by atoms with E-state index in [0.717, 1.165) is 4.88 Å². The van der Waals surface area contributed by atoms with Crippen LogP contribution < -0.4 is 10.5 Å². The van der Waals surface area contributed by atoms with Gasteiger partial charge < -0.3 is 5.32 Å². The number of aryl methyl sites for hydroxylation is 1. The van der Waals surface area contributed by atoms with E-state index in [1.165, 1.54) is 17.4 Å². The molecule has 0 saturated heterocycles. The minimum absolute atomic E-state index is 0.0109. The monoisotopic (exact) mass is 441 g/mol. The van der Waals surface area contributed by atoms with E-state index in [1.807, 2.05) is 24.4 Å². The number of sulfonamides is 1. The van der Waals surface area contributed by atoms with Crippen LogP contribution >= 0.6 is 11.3 Å². The van der Waals surface area contributed by atoms with Crippen LogP contribution in [0, 0.1) is 0 Å². The van der Waals surface area contributed by atoms with E-state index in [9.17, 15) is 13.2 Å². The number of rotatable bonds is 6. The zero-order chi connectivity index (χ0) is 21.3. The number of thiophene rings is 1. The Balaban J connectivity index is 1.71. The summed E-state index contributed by atoms with van der Waals surface area (Å²) < 4.78 is 25.3. The van der Waals surface area contributed by atoms with Gasteiger partial charge in [-0.15, -0.1) is 11.3 Å². The van der Waals surface area contributed by atoms with Gasteiger partial charge in [0.25, 0.3) is 5.91 Å². The number of nitrogens with zero attached hydrogens (tertiary/aromatic N) is 3. The van der Waals surface area contributed by atoms with Crippen molar-refractivity contribution in [3.63, 3.8) is 0 Å². The second-order valence-electron chi connectivity index (χ2n) is 6.57. The minimum Gasteiger partial charge on any atom is -0.348 e. The summed E-state index contributed by atoms with van der Waals surface area (Å²) in [5.74, 6) is -0.347. The summed E-state index contributed by atoms with van der Waals surface area (Å²) in [5.41, 5.74) is 2.15. The number of primary sulfonamides is 1. The summed E-state index contributed by atoms with van der Waals surface area (Å²) in [6.07, 6.45) is 1.62. The Hall–Kier alpha value is -3.08. The predicted molar refractivity (Wildman–Crippen MR) is 116 cm³/mol. The number of aromatic nitrogens is 3. The number of carbonyl (C=O) groups excluding carboxylic acids is 1. The largest absolute Gasteiger partial charge is 0.348 e. The molecule has 1 amide bonds. The van der Waals surface area contributed by atoms with E-state index in [4.69, 9.17) is 10.1 Å². The van der Waals surface area contributed by atoms with Crippen LogP contribution in [0.25, 0.3) is 21.6 Å². The highest BCUT2D eigenvalue weighted by Crippen LogP contribution is 2.28. The molecule has 3 N–H and O–H groups in total. The van der Waals surface area contributed by atoms with Crippen molar-refractivity contribution in [2.75, 3.05) is 0 Å². The third kappa shape index (κ3) is 3.84. The maximum atomic E-state index is 13.1. The van der Waals surface area contributed by atoms with Crippen LogP contribution in [0.2, 0.25) is 0 Å². The van der Waals surface area contributed by atoms with E-state index in [2.05, 4.69) is 10.4 Å². The van der Waals surface area contributed by atoms with Crippen molar-refractivity contribution in [3.05, 3.63) is 65.2 Å². The average molecular weight is 442 g/mol. The fraction of sp³-hybridized carbons (Fsp3) is 0.150. The summed E-state index contributed by atoms with van der Waals surface area (Å²) >= 11 is 1.53. The molecule has 0 aliphatic heterocycles. The van der Waals surface area contributed by atoms with Gasteiger partial charge in [-0.05, 0) is 36.1 Å². The Kier molecular flexibility index (Phi) is 5.37. The molecule has 0 fully saturated rings. The quantitative estimate of drug-likeness (QED) is 0.477. The van der Waals surface area contributed by atoms with Gasteiger partial charge in [0.05, 0.1) is 32.6 Å². The molecule has 0 aliphatic carbocycles. The summed E-state index contributed by atoms with van der Waals surface area (Å²) in [7, 11) is -3.89. The lowest BCUT2D eigenvalue weighted by molar-refractivity contribution is 0.0952. The Morgan fingerprint density at radius 2 is 2.03 bits per heavy atom. The predicted octanol–water partition coefficient (Wildman–Crippen LogP) is 2.76. The van der Waals surface area contributed by atoms with Crippen molar-refractivity contribution in [3.8, 4) is 10.6 Å². The molecule has 3 heterocycles. The first-order valence-corrected chi connectivity index (χ1v) is 11.6. The first kappa shape index (κ1) is 20.2. The van der Waals surface area contributed by atoms with Crippen LogP contribution in [0.1, 0.15) is 22.8 Å². The number of hydrogen-bond donors (Lipinski definition) is 2. The van der Waals surface area contributed by atoms with E-state index >= 15 is 0 Å². The van der Waals surface area contributed by atoms with Crippen molar-refractivity contribution in [2.24, 2.45) is 5.14 Å². The molecule has 0 unspecified atom stereocenters. The molecule has 0 bridgehead atoms. The highest BCUT2D eigenvalue weighted by atomic mass is 32.2. The second kappa shape index (κ2) is 7.98. The molecule has 3 aromatic heterocycles. The molecular formula is C20H19N5O3S2. The Bertz CT molecular complexity index is 1330. The molecule has 4 rings (SSSR count). The molecule has 4 aromatic rings. The number of benzene rings is 1. The number of nitrogens with one attached hydrogen (secondary N) is 1. The maximum absolute atomic E-state index is 13.1. The smallest absolute Gasteiger partial charge is 0.252 e. The topological polar surface area (TPSA) is 120 Å². The van der Waals surface area contributed by atoms with E-state index in [0.29, 0.717) is 34.4 Å². The minimum atomic E-state index is -3.89. The van der Waals surface area contributed by atoms with Crippen LogP contribution in [0.3, 0.4) is 0 Å². The molecule has 8 nitrogen and oxygen atoms in total. The molecule has 1 aromatic carbocycles.